The van der Waals surface area contributed by atoms with Crippen molar-refractivity contribution in [3.63, 3.8) is 0 Å². The number of rotatable bonds is 10. The molecule has 0 aliphatic heterocycles. The molecule has 1 heterocycles. The van der Waals surface area contributed by atoms with E-state index in [1.807, 2.05) is 84.9 Å². The number of pyridine rings is 1. The van der Waals surface area contributed by atoms with E-state index in [4.69, 9.17) is 21.3 Å². The van der Waals surface area contributed by atoms with E-state index in [1.165, 1.54) is 11.8 Å². The van der Waals surface area contributed by atoms with Crippen LogP contribution in [0.1, 0.15) is 11.1 Å². The van der Waals surface area contributed by atoms with Crippen molar-refractivity contribution in [2.45, 2.75) is 16.9 Å². The van der Waals surface area contributed by atoms with Gasteiger partial charge in [0.1, 0.15) is 16.8 Å². The van der Waals surface area contributed by atoms with Crippen LogP contribution < -0.4 is 4.74 Å². The van der Waals surface area contributed by atoms with Gasteiger partial charge in [-0.2, -0.15) is 17.0 Å². The van der Waals surface area contributed by atoms with Gasteiger partial charge in [0.05, 0.1) is 24.5 Å². The summed E-state index contributed by atoms with van der Waals surface area (Å²) in [5.74, 6) is 2.59. The van der Waals surface area contributed by atoms with Crippen molar-refractivity contribution >= 4 is 35.1 Å². The first-order valence-corrected chi connectivity index (χ1v) is 13.9. The van der Waals surface area contributed by atoms with Crippen molar-refractivity contribution in [3.8, 4) is 34.2 Å². The third-order valence-electron chi connectivity index (χ3n) is 5.47. The normalized spacial score (nSPS) is 11.6. The van der Waals surface area contributed by atoms with Gasteiger partial charge in [0.25, 0.3) is 0 Å². The largest absolute Gasteiger partial charge is 0.497 e. The van der Waals surface area contributed by atoms with Gasteiger partial charge >= 0.3 is 0 Å². The number of nitriles is 1. The second kappa shape index (κ2) is 12.8. The van der Waals surface area contributed by atoms with Crippen LogP contribution >= 0.6 is 35.1 Å². The topological polar surface area (TPSA) is 66.1 Å². The van der Waals surface area contributed by atoms with Gasteiger partial charge in [-0.3, -0.25) is 0 Å². The van der Waals surface area contributed by atoms with Crippen molar-refractivity contribution in [3.05, 3.63) is 101 Å². The summed E-state index contributed by atoms with van der Waals surface area (Å²) in [6, 6.07) is 29.6. The Morgan fingerprint density at radius 1 is 0.972 bits per heavy atom. The van der Waals surface area contributed by atoms with Crippen LogP contribution in [0.4, 0.5) is 0 Å². The average Bonchev–Trinajstić information content (AvgIpc) is 2.93. The fraction of sp³-hybridized carbons (Fsp3) is 0.172. The predicted octanol–water partition coefficient (Wildman–Crippen LogP) is 7.34. The Labute approximate surface area is 225 Å². The number of ether oxygens (including phenoxy) is 1. The van der Waals surface area contributed by atoms with E-state index in [0.717, 1.165) is 39.5 Å². The third kappa shape index (κ3) is 6.83. The van der Waals surface area contributed by atoms with Gasteiger partial charge in [-0.1, -0.05) is 54.1 Å². The molecule has 4 rings (SSSR count). The van der Waals surface area contributed by atoms with Crippen LogP contribution in [0.2, 0.25) is 5.02 Å². The molecule has 1 atom stereocenters. The SMILES string of the molecule is COc1ccc(-c2cc(-c3ccccc3)c(C#N)c(SCC(O)CSCc3ccc(Cl)cc3)n2)cc1. The Morgan fingerprint density at radius 2 is 1.69 bits per heavy atom. The molecule has 182 valence electrons. The Balaban J connectivity index is 1.54. The van der Waals surface area contributed by atoms with Crippen molar-refractivity contribution in [2.24, 2.45) is 0 Å². The summed E-state index contributed by atoms with van der Waals surface area (Å²) in [4.78, 5) is 4.83. The number of aliphatic hydroxyl groups is 1. The molecule has 0 aliphatic rings. The molecule has 0 bridgehead atoms. The molecule has 36 heavy (non-hydrogen) atoms. The van der Waals surface area contributed by atoms with Gasteiger partial charge < -0.3 is 9.84 Å². The number of nitrogens with zero attached hydrogens (tertiary/aromatic N) is 2. The first kappa shape index (κ1) is 26.1. The Bertz CT molecular complexity index is 1320. The van der Waals surface area contributed by atoms with E-state index in [0.29, 0.717) is 27.1 Å². The lowest BCUT2D eigenvalue weighted by molar-refractivity contribution is 0.225. The van der Waals surface area contributed by atoms with Crippen molar-refractivity contribution in [1.29, 1.82) is 5.26 Å². The zero-order valence-corrected chi connectivity index (χ0v) is 22.1. The second-order valence-corrected chi connectivity index (χ2v) is 10.5. The van der Waals surface area contributed by atoms with Crippen molar-refractivity contribution < 1.29 is 9.84 Å². The number of halogens is 1. The first-order chi connectivity index (χ1) is 17.6. The maximum absolute atomic E-state index is 10.6. The predicted molar refractivity (Wildman–Crippen MR) is 151 cm³/mol. The van der Waals surface area contributed by atoms with E-state index < -0.39 is 6.10 Å². The lowest BCUT2D eigenvalue weighted by Crippen LogP contribution is -2.13. The molecular weight excluding hydrogens is 508 g/mol. The van der Waals surface area contributed by atoms with Crippen molar-refractivity contribution in [1.82, 2.24) is 4.98 Å². The van der Waals surface area contributed by atoms with E-state index >= 15 is 0 Å². The number of hydrogen-bond donors (Lipinski definition) is 1. The highest BCUT2D eigenvalue weighted by Gasteiger charge is 2.17. The summed E-state index contributed by atoms with van der Waals surface area (Å²) in [5, 5.41) is 22.0. The van der Waals surface area contributed by atoms with Crippen LogP contribution in [0.25, 0.3) is 22.4 Å². The van der Waals surface area contributed by atoms with Gasteiger partial charge in [0.15, 0.2) is 0 Å². The minimum absolute atomic E-state index is 0.440. The maximum Gasteiger partial charge on any atom is 0.118 e. The molecule has 4 aromatic rings. The zero-order valence-electron chi connectivity index (χ0n) is 19.7. The molecule has 1 aromatic heterocycles. The van der Waals surface area contributed by atoms with E-state index in [1.54, 1.807) is 18.9 Å². The molecular formula is C29H25ClN2O2S2. The summed E-state index contributed by atoms with van der Waals surface area (Å²) < 4.78 is 5.29. The molecule has 0 radical (unpaired) electrons. The number of aromatic nitrogens is 1. The minimum Gasteiger partial charge on any atom is -0.497 e. The lowest BCUT2D eigenvalue weighted by Gasteiger charge is -2.14. The number of methoxy groups -OCH3 is 1. The Hall–Kier alpha value is -2.95. The molecule has 0 fully saturated rings. The molecule has 3 aromatic carbocycles. The summed E-state index contributed by atoms with van der Waals surface area (Å²) in [5.41, 5.74) is 5.16. The van der Waals surface area contributed by atoms with E-state index in [9.17, 15) is 10.4 Å². The Kier molecular flexibility index (Phi) is 9.32. The van der Waals surface area contributed by atoms with Gasteiger partial charge in [-0.15, -0.1) is 11.8 Å². The van der Waals surface area contributed by atoms with Gasteiger partial charge in [0.2, 0.25) is 0 Å². The highest BCUT2D eigenvalue weighted by atomic mass is 35.5. The number of aliphatic hydroxyl groups excluding tert-OH is 1. The maximum atomic E-state index is 10.6. The molecule has 1 N–H and O–H groups in total. The summed E-state index contributed by atoms with van der Waals surface area (Å²) in [6.07, 6.45) is -0.537. The van der Waals surface area contributed by atoms with Crippen LogP contribution in [0.3, 0.4) is 0 Å². The highest BCUT2D eigenvalue weighted by molar-refractivity contribution is 7.99. The molecule has 1 unspecified atom stereocenters. The Morgan fingerprint density at radius 3 is 2.36 bits per heavy atom. The molecule has 0 saturated carbocycles. The lowest BCUT2D eigenvalue weighted by atomic mass is 9.99. The summed E-state index contributed by atoms with van der Waals surface area (Å²) >= 11 is 9.03. The standard InChI is InChI=1S/C29H25ClN2O2S2/c1-34-25-13-9-22(10-14-25)28-15-26(21-5-3-2-4-6-21)27(16-31)29(32-28)36-19-24(33)18-35-17-20-7-11-23(30)12-8-20/h2-15,24,33H,17-19H2,1H3. The average molecular weight is 533 g/mol. The number of benzene rings is 3. The number of thioether (sulfide) groups is 2. The molecule has 0 spiro atoms. The number of hydrogen-bond acceptors (Lipinski definition) is 6. The molecule has 0 amide bonds. The molecule has 0 aliphatic carbocycles. The molecule has 0 saturated heterocycles. The second-order valence-electron chi connectivity index (χ2n) is 8.05. The fourth-order valence-corrected chi connectivity index (χ4v) is 5.75. The third-order valence-corrected chi connectivity index (χ3v) is 8.00. The molecule has 7 heteroatoms. The van der Waals surface area contributed by atoms with Crippen LogP contribution in [0, 0.1) is 11.3 Å². The van der Waals surface area contributed by atoms with Crippen LogP contribution in [-0.4, -0.2) is 34.8 Å². The van der Waals surface area contributed by atoms with E-state index in [2.05, 4.69) is 6.07 Å². The summed E-state index contributed by atoms with van der Waals surface area (Å²) in [7, 11) is 1.64. The fourth-order valence-electron chi connectivity index (χ4n) is 3.61. The van der Waals surface area contributed by atoms with Gasteiger partial charge in [-0.25, -0.2) is 4.98 Å². The zero-order chi connectivity index (χ0) is 25.3. The quantitative estimate of drug-likeness (QED) is 0.216. The monoisotopic (exact) mass is 532 g/mol. The van der Waals surface area contributed by atoms with Gasteiger partial charge in [-0.05, 0) is 53.6 Å². The van der Waals surface area contributed by atoms with Crippen LogP contribution in [0.5, 0.6) is 5.75 Å². The highest BCUT2D eigenvalue weighted by Crippen LogP contribution is 2.35. The van der Waals surface area contributed by atoms with Crippen LogP contribution in [0.15, 0.2) is 90.0 Å². The smallest absolute Gasteiger partial charge is 0.118 e. The van der Waals surface area contributed by atoms with E-state index in [-0.39, 0.29) is 0 Å². The van der Waals surface area contributed by atoms with Crippen molar-refractivity contribution in [2.75, 3.05) is 18.6 Å². The minimum atomic E-state index is -0.537. The van der Waals surface area contributed by atoms with Gasteiger partial charge in [0, 0.05) is 33.4 Å². The van der Waals surface area contributed by atoms with Crippen LogP contribution in [-0.2, 0) is 5.75 Å². The summed E-state index contributed by atoms with van der Waals surface area (Å²) in [6.45, 7) is 0. The first-order valence-electron chi connectivity index (χ1n) is 11.4. The molecule has 4 nitrogen and oxygen atoms in total.